The number of thiazole rings is 1. The molecule has 3 aromatic carbocycles. The summed E-state index contributed by atoms with van der Waals surface area (Å²) < 4.78 is 25.5. The molecule has 3 heterocycles. The molecule has 0 radical (unpaired) electrons. The molecular weight excluding hydrogens is 483 g/mol. The molecule has 1 fully saturated rings. The van der Waals surface area contributed by atoms with Crippen LogP contribution in [0.2, 0.25) is 0 Å². The highest BCUT2D eigenvalue weighted by Gasteiger charge is 2.48. The van der Waals surface area contributed by atoms with E-state index in [0.29, 0.717) is 46.1 Å². The molecule has 36 heavy (non-hydrogen) atoms. The number of halogens is 1. The Morgan fingerprint density at radius 1 is 1.03 bits per heavy atom. The molecule has 2 aliphatic heterocycles. The number of ether oxygens (including phenoxy) is 2. The third-order valence-electron chi connectivity index (χ3n) is 6.20. The van der Waals surface area contributed by atoms with Crippen molar-refractivity contribution in [3.05, 3.63) is 88.7 Å². The van der Waals surface area contributed by atoms with Crippen molar-refractivity contribution in [1.29, 1.82) is 0 Å². The Balaban J connectivity index is 1.54. The van der Waals surface area contributed by atoms with E-state index in [0.717, 1.165) is 16.9 Å². The minimum absolute atomic E-state index is 0.0639. The first-order chi connectivity index (χ1) is 17.4. The molecule has 6 rings (SSSR count). The van der Waals surface area contributed by atoms with Crippen molar-refractivity contribution in [3.8, 4) is 11.5 Å². The van der Waals surface area contributed by atoms with Gasteiger partial charge in [0, 0.05) is 5.56 Å². The molecule has 1 aromatic heterocycles. The van der Waals surface area contributed by atoms with Crippen LogP contribution >= 0.6 is 11.3 Å². The second kappa shape index (κ2) is 8.46. The van der Waals surface area contributed by atoms with Gasteiger partial charge in [-0.2, -0.15) is 0 Å². The molecule has 1 N–H and O–H groups in total. The molecule has 4 aromatic rings. The number of carbonyl (C=O) groups excluding carboxylic acids is 2. The number of aliphatic hydroxyl groups is 1. The molecule has 0 spiro atoms. The van der Waals surface area contributed by atoms with E-state index in [1.807, 2.05) is 31.2 Å². The monoisotopic (exact) mass is 502 g/mol. The zero-order chi connectivity index (χ0) is 25.0. The van der Waals surface area contributed by atoms with E-state index in [-0.39, 0.29) is 16.5 Å². The average molecular weight is 503 g/mol. The lowest BCUT2D eigenvalue weighted by Gasteiger charge is -2.23. The summed E-state index contributed by atoms with van der Waals surface area (Å²) in [5.41, 5.74) is 2.39. The van der Waals surface area contributed by atoms with Crippen molar-refractivity contribution >= 4 is 44.1 Å². The summed E-state index contributed by atoms with van der Waals surface area (Å²) in [6.07, 6.45) is 0. The first-order valence-corrected chi connectivity index (χ1v) is 12.1. The number of anilines is 1. The predicted molar refractivity (Wildman–Crippen MR) is 133 cm³/mol. The number of aryl methyl sites for hydroxylation is 1. The van der Waals surface area contributed by atoms with Gasteiger partial charge in [0.2, 0.25) is 0 Å². The van der Waals surface area contributed by atoms with Crippen LogP contribution in [0.3, 0.4) is 0 Å². The van der Waals surface area contributed by atoms with E-state index in [9.17, 15) is 19.1 Å². The number of hydrogen-bond donors (Lipinski definition) is 1. The van der Waals surface area contributed by atoms with Crippen LogP contribution in [0.5, 0.6) is 11.5 Å². The van der Waals surface area contributed by atoms with Gasteiger partial charge >= 0.3 is 5.91 Å². The summed E-state index contributed by atoms with van der Waals surface area (Å²) in [6, 6.07) is 15.4. The Bertz CT molecular complexity index is 1580. The number of ketones is 1. The summed E-state index contributed by atoms with van der Waals surface area (Å²) >= 11 is 1.11. The maximum Gasteiger partial charge on any atom is 0.301 e. The molecule has 0 bridgehead atoms. The Kier molecular flexibility index (Phi) is 5.22. The minimum atomic E-state index is -0.927. The number of amides is 1. The van der Waals surface area contributed by atoms with Gasteiger partial charge in [0.15, 0.2) is 16.6 Å². The van der Waals surface area contributed by atoms with Crippen LogP contribution in [0.1, 0.15) is 22.7 Å². The molecule has 1 atom stereocenters. The number of nitrogens with zero attached hydrogens (tertiary/aromatic N) is 2. The normalized spacial score (nSPS) is 18.7. The van der Waals surface area contributed by atoms with Gasteiger partial charge in [-0.05, 0) is 48.9 Å². The van der Waals surface area contributed by atoms with Crippen LogP contribution in [0.25, 0.3) is 16.0 Å². The van der Waals surface area contributed by atoms with E-state index in [1.54, 1.807) is 18.2 Å². The lowest BCUT2D eigenvalue weighted by molar-refractivity contribution is -0.132. The van der Waals surface area contributed by atoms with Gasteiger partial charge in [-0.1, -0.05) is 41.2 Å². The van der Waals surface area contributed by atoms with Gasteiger partial charge in [0.05, 0.1) is 21.8 Å². The highest BCUT2D eigenvalue weighted by Crippen LogP contribution is 2.45. The van der Waals surface area contributed by atoms with Crippen LogP contribution in [-0.4, -0.2) is 35.0 Å². The van der Waals surface area contributed by atoms with Crippen LogP contribution in [0.4, 0.5) is 9.52 Å². The largest absolute Gasteiger partial charge is 0.507 e. The van der Waals surface area contributed by atoms with Crippen molar-refractivity contribution in [2.24, 2.45) is 0 Å². The number of hydrogen-bond acceptors (Lipinski definition) is 7. The van der Waals surface area contributed by atoms with Gasteiger partial charge in [-0.15, -0.1) is 0 Å². The average Bonchev–Trinajstić information content (AvgIpc) is 3.41. The number of rotatable bonds is 3. The van der Waals surface area contributed by atoms with Crippen LogP contribution in [0.15, 0.2) is 66.2 Å². The highest BCUT2D eigenvalue weighted by atomic mass is 32.1. The number of carbonyl (C=O) groups is 2. The maximum absolute atomic E-state index is 13.8. The molecule has 0 aliphatic carbocycles. The SMILES string of the molecule is Cc1ccc(C2C(=C(O)c3ccc4c(c3)OCCO4)C(=O)C(=O)N2c2nc3ccc(F)cc3s2)cc1. The molecule has 180 valence electrons. The number of aromatic nitrogens is 1. The van der Waals surface area contributed by atoms with Crippen LogP contribution in [0, 0.1) is 12.7 Å². The number of fused-ring (bicyclic) bond motifs is 2. The first kappa shape index (κ1) is 22.2. The van der Waals surface area contributed by atoms with E-state index >= 15 is 0 Å². The molecule has 9 heteroatoms. The quantitative estimate of drug-likeness (QED) is 0.237. The summed E-state index contributed by atoms with van der Waals surface area (Å²) in [6.45, 7) is 2.71. The maximum atomic E-state index is 13.8. The fraction of sp³-hybridized carbons (Fsp3) is 0.148. The van der Waals surface area contributed by atoms with Crippen LogP contribution < -0.4 is 14.4 Å². The van der Waals surface area contributed by atoms with Gasteiger partial charge < -0.3 is 14.6 Å². The van der Waals surface area contributed by atoms with Gasteiger partial charge in [0.1, 0.15) is 24.8 Å². The fourth-order valence-electron chi connectivity index (χ4n) is 4.43. The Hall–Kier alpha value is -4.24. The van der Waals surface area contributed by atoms with E-state index < -0.39 is 23.5 Å². The second-order valence-corrected chi connectivity index (χ2v) is 9.56. The molecule has 1 unspecified atom stereocenters. The van der Waals surface area contributed by atoms with E-state index in [1.165, 1.54) is 23.1 Å². The lowest BCUT2D eigenvalue weighted by atomic mass is 9.94. The molecule has 1 saturated heterocycles. The Labute approximate surface area is 209 Å². The summed E-state index contributed by atoms with van der Waals surface area (Å²) in [7, 11) is 0. The summed E-state index contributed by atoms with van der Waals surface area (Å²) in [5, 5.41) is 11.6. The number of Topliss-reactive ketones (excluding diaryl/α,β-unsaturated/α-hetero) is 1. The van der Waals surface area contributed by atoms with Crippen molar-refractivity contribution < 1.29 is 28.6 Å². The second-order valence-electron chi connectivity index (χ2n) is 8.55. The minimum Gasteiger partial charge on any atom is -0.507 e. The molecule has 0 saturated carbocycles. The zero-order valence-corrected chi connectivity index (χ0v) is 19.8. The molecule has 2 aliphatic rings. The summed E-state index contributed by atoms with van der Waals surface area (Å²) in [5.74, 6) is -1.42. The highest BCUT2D eigenvalue weighted by molar-refractivity contribution is 7.22. The van der Waals surface area contributed by atoms with Gasteiger partial charge in [0.25, 0.3) is 5.78 Å². The lowest BCUT2D eigenvalue weighted by Crippen LogP contribution is -2.29. The molecule has 7 nitrogen and oxygen atoms in total. The fourth-order valence-corrected chi connectivity index (χ4v) is 5.45. The first-order valence-electron chi connectivity index (χ1n) is 11.2. The van der Waals surface area contributed by atoms with Gasteiger partial charge in [-0.3, -0.25) is 14.5 Å². The smallest absolute Gasteiger partial charge is 0.301 e. The Morgan fingerprint density at radius 3 is 2.56 bits per heavy atom. The van der Waals surface area contributed by atoms with E-state index in [2.05, 4.69) is 4.98 Å². The van der Waals surface area contributed by atoms with E-state index in [4.69, 9.17) is 9.47 Å². The van der Waals surface area contributed by atoms with Crippen LogP contribution in [-0.2, 0) is 9.59 Å². The third-order valence-corrected chi connectivity index (χ3v) is 7.22. The Morgan fingerprint density at radius 2 is 1.78 bits per heavy atom. The molecular formula is C27H19FN2O5S. The number of benzene rings is 3. The van der Waals surface area contributed by atoms with Gasteiger partial charge in [-0.25, -0.2) is 9.37 Å². The standard InChI is InChI=1S/C27H19FN2O5S/c1-14-2-4-15(5-3-14)23-22(24(31)16-6-9-19-20(12-16)35-11-10-34-19)25(32)26(33)30(23)27-29-18-8-7-17(28)13-21(18)36-27/h2-9,12-13,23,31H,10-11H2,1H3. The predicted octanol–water partition coefficient (Wildman–Crippen LogP) is 5.14. The van der Waals surface area contributed by atoms with Crippen molar-refractivity contribution in [2.75, 3.05) is 18.1 Å². The third kappa shape index (κ3) is 3.59. The molecule has 1 amide bonds. The zero-order valence-electron chi connectivity index (χ0n) is 19.0. The van der Waals surface area contributed by atoms with Crippen molar-refractivity contribution in [3.63, 3.8) is 0 Å². The number of aliphatic hydroxyl groups excluding tert-OH is 1. The summed E-state index contributed by atoms with van der Waals surface area (Å²) in [4.78, 5) is 32.5. The van der Waals surface area contributed by atoms with Crippen molar-refractivity contribution in [2.45, 2.75) is 13.0 Å². The van der Waals surface area contributed by atoms with Crippen molar-refractivity contribution in [1.82, 2.24) is 4.98 Å². The topological polar surface area (TPSA) is 89.0 Å².